The highest BCUT2D eigenvalue weighted by Gasteiger charge is 2.17. The van der Waals surface area contributed by atoms with Gasteiger partial charge in [-0.1, -0.05) is 18.2 Å². The minimum absolute atomic E-state index is 0.461. The maximum absolute atomic E-state index is 13.8. The van der Waals surface area contributed by atoms with E-state index in [1.165, 1.54) is 10.9 Å². The van der Waals surface area contributed by atoms with Crippen LogP contribution in [0.2, 0.25) is 0 Å². The molecule has 0 aliphatic heterocycles. The molecule has 3 nitrogen and oxygen atoms in total. The third-order valence-corrected chi connectivity index (χ3v) is 5.95. The van der Waals surface area contributed by atoms with Crippen molar-refractivity contribution in [3.63, 3.8) is 0 Å². The highest BCUT2D eigenvalue weighted by Crippen LogP contribution is 2.38. The van der Waals surface area contributed by atoms with Crippen molar-refractivity contribution in [1.29, 1.82) is 0 Å². The Bertz CT molecular complexity index is 1210. The summed E-state index contributed by atoms with van der Waals surface area (Å²) in [4.78, 5) is 18.8. The van der Waals surface area contributed by atoms with Crippen LogP contribution in [0.15, 0.2) is 67.0 Å². The van der Waals surface area contributed by atoms with Crippen molar-refractivity contribution in [2.45, 2.75) is 13.8 Å². The van der Waals surface area contributed by atoms with Gasteiger partial charge in [0.05, 0.1) is 0 Å². The Kier molecular flexibility index (Phi) is 5.42. The van der Waals surface area contributed by atoms with Gasteiger partial charge in [-0.05, 0) is 66.9 Å². The fourth-order valence-corrected chi connectivity index (χ4v) is 4.38. The van der Waals surface area contributed by atoms with Gasteiger partial charge in [0, 0.05) is 33.4 Å². The van der Waals surface area contributed by atoms with E-state index in [1.807, 2.05) is 24.4 Å². The second-order valence-corrected chi connectivity index (χ2v) is 8.16. The van der Waals surface area contributed by atoms with Crippen molar-refractivity contribution in [3.05, 3.63) is 94.6 Å². The lowest BCUT2D eigenvalue weighted by Crippen LogP contribution is -2.15. The zero-order chi connectivity index (χ0) is 21.3. The lowest BCUT2D eigenvalue weighted by Gasteiger charge is -2.08. The van der Waals surface area contributed by atoms with E-state index in [1.54, 1.807) is 29.7 Å². The fraction of sp³-hybridized carbons (Fsp3) is 0.0833. The van der Waals surface area contributed by atoms with Crippen molar-refractivity contribution < 1.29 is 13.6 Å². The Morgan fingerprint density at radius 3 is 2.33 bits per heavy atom. The summed E-state index contributed by atoms with van der Waals surface area (Å²) in [5.74, 6) is -2.60. The highest BCUT2D eigenvalue weighted by molar-refractivity contribution is 7.16. The molecule has 0 fully saturated rings. The zero-order valence-electron chi connectivity index (χ0n) is 16.4. The van der Waals surface area contributed by atoms with Gasteiger partial charge in [0.25, 0.3) is 5.91 Å². The molecule has 1 N–H and O–H groups in total. The third-order valence-electron chi connectivity index (χ3n) is 4.87. The van der Waals surface area contributed by atoms with Gasteiger partial charge in [0.15, 0.2) is 0 Å². The summed E-state index contributed by atoms with van der Waals surface area (Å²) in [6, 6.07) is 14.7. The summed E-state index contributed by atoms with van der Waals surface area (Å²) in [6.07, 6.45) is 3.64. The quantitative estimate of drug-likeness (QED) is 0.403. The molecule has 2 aromatic carbocycles. The second-order valence-electron chi connectivity index (χ2n) is 6.90. The first-order chi connectivity index (χ1) is 14.4. The van der Waals surface area contributed by atoms with E-state index in [0.717, 1.165) is 39.3 Å². The van der Waals surface area contributed by atoms with Crippen molar-refractivity contribution in [1.82, 2.24) is 4.98 Å². The molecule has 0 aliphatic rings. The number of benzene rings is 2. The molecule has 30 heavy (non-hydrogen) atoms. The lowest BCUT2D eigenvalue weighted by molar-refractivity contribution is 0.101. The largest absolute Gasteiger partial charge is 0.322 e. The predicted molar refractivity (Wildman–Crippen MR) is 117 cm³/mol. The van der Waals surface area contributed by atoms with Gasteiger partial charge in [0.1, 0.15) is 17.2 Å². The molecule has 150 valence electrons. The number of thiophene rings is 1. The monoisotopic (exact) mass is 420 g/mol. The number of carbonyl (C=O) groups is 1. The van der Waals surface area contributed by atoms with Gasteiger partial charge in [-0.25, -0.2) is 8.78 Å². The van der Waals surface area contributed by atoms with Gasteiger partial charge in [-0.2, -0.15) is 0 Å². The number of pyridine rings is 1. The van der Waals surface area contributed by atoms with Gasteiger partial charge >= 0.3 is 0 Å². The summed E-state index contributed by atoms with van der Waals surface area (Å²) in [7, 11) is 0. The first kappa shape index (κ1) is 19.9. The number of amides is 1. The number of rotatable bonds is 4. The molecule has 4 rings (SSSR count). The van der Waals surface area contributed by atoms with Gasteiger partial charge in [-0.3, -0.25) is 9.78 Å². The van der Waals surface area contributed by atoms with Crippen LogP contribution < -0.4 is 5.32 Å². The van der Waals surface area contributed by atoms with E-state index in [-0.39, 0.29) is 0 Å². The molecule has 0 atom stereocenters. The molecule has 2 heterocycles. The van der Waals surface area contributed by atoms with Gasteiger partial charge in [-0.15, -0.1) is 11.3 Å². The molecular formula is C24H18F2N2OS. The number of nitrogens with one attached hydrogen (secondary N) is 1. The molecule has 0 unspecified atom stereocenters. The summed E-state index contributed by atoms with van der Waals surface area (Å²) in [5, 5.41) is 2.55. The van der Waals surface area contributed by atoms with Crippen LogP contribution in [0.3, 0.4) is 0 Å². The van der Waals surface area contributed by atoms with Crippen molar-refractivity contribution in [2.75, 3.05) is 5.32 Å². The van der Waals surface area contributed by atoms with E-state index in [0.29, 0.717) is 5.69 Å². The van der Waals surface area contributed by atoms with Crippen LogP contribution in [-0.4, -0.2) is 10.9 Å². The summed E-state index contributed by atoms with van der Waals surface area (Å²) < 4.78 is 27.6. The minimum atomic E-state index is -0.892. The number of hydrogen-bond donors (Lipinski definition) is 1. The SMILES string of the molecule is Cc1ccncc1-c1cc(-c2ccc(NC(=O)c3c(F)cccc3F)cc2)c(C)s1. The molecule has 0 saturated carbocycles. The maximum Gasteiger partial charge on any atom is 0.261 e. The van der Waals surface area contributed by atoms with Crippen molar-refractivity contribution in [3.8, 4) is 21.6 Å². The molecule has 0 saturated heterocycles. The molecular weight excluding hydrogens is 402 g/mol. The van der Waals surface area contributed by atoms with E-state index < -0.39 is 23.1 Å². The summed E-state index contributed by atoms with van der Waals surface area (Å²) in [6.45, 7) is 4.12. The molecule has 0 bridgehead atoms. The number of anilines is 1. The Morgan fingerprint density at radius 2 is 1.67 bits per heavy atom. The van der Waals surface area contributed by atoms with Crippen LogP contribution >= 0.6 is 11.3 Å². The molecule has 2 aromatic heterocycles. The van der Waals surface area contributed by atoms with E-state index >= 15 is 0 Å². The third kappa shape index (κ3) is 3.86. The number of carbonyl (C=O) groups excluding carboxylic acids is 1. The molecule has 6 heteroatoms. The number of nitrogens with zero attached hydrogens (tertiary/aromatic N) is 1. The van der Waals surface area contributed by atoms with Crippen LogP contribution in [0.1, 0.15) is 20.8 Å². The van der Waals surface area contributed by atoms with Crippen LogP contribution in [0.25, 0.3) is 21.6 Å². The van der Waals surface area contributed by atoms with Gasteiger partial charge in [0.2, 0.25) is 0 Å². The Morgan fingerprint density at radius 1 is 0.967 bits per heavy atom. The van der Waals surface area contributed by atoms with E-state index in [2.05, 4.69) is 30.2 Å². The summed E-state index contributed by atoms with van der Waals surface area (Å²) in [5.41, 5.74) is 4.22. The van der Waals surface area contributed by atoms with Crippen molar-refractivity contribution in [2.24, 2.45) is 0 Å². The Balaban J connectivity index is 1.57. The molecule has 0 aliphatic carbocycles. The van der Waals surface area contributed by atoms with Crippen LogP contribution in [0.4, 0.5) is 14.5 Å². The Labute approximate surface area is 177 Å². The predicted octanol–water partition coefficient (Wildman–Crippen LogP) is 6.62. The summed E-state index contributed by atoms with van der Waals surface area (Å²) >= 11 is 1.70. The smallest absolute Gasteiger partial charge is 0.261 e. The van der Waals surface area contributed by atoms with E-state index in [9.17, 15) is 13.6 Å². The first-order valence-electron chi connectivity index (χ1n) is 9.31. The first-order valence-corrected chi connectivity index (χ1v) is 10.1. The Hall–Kier alpha value is -3.38. The van der Waals surface area contributed by atoms with Crippen LogP contribution in [0.5, 0.6) is 0 Å². The minimum Gasteiger partial charge on any atom is -0.322 e. The normalized spacial score (nSPS) is 10.8. The van der Waals surface area contributed by atoms with Gasteiger partial charge < -0.3 is 5.32 Å². The van der Waals surface area contributed by atoms with E-state index in [4.69, 9.17) is 0 Å². The molecule has 0 spiro atoms. The average molecular weight is 420 g/mol. The second kappa shape index (κ2) is 8.16. The molecule has 4 aromatic rings. The zero-order valence-corrected chi connectivity index (χ0v) is 17.2. The highest BCUT2D eigenvalue weighted by atomic mass is 32.1. The standard InChI is InChI=1S/C24H18F2N2OS/c1-14-10-11-27-13-19(14)22-12-18(15(2)30-22)16-6-8-17(9-7-16)28-24(29)23-20(25)4-3-5-21(23)26/h3-13H,1-2H3,(H,28,29). The molecule has 0 radical (unpaired) electrons. The topological polar surface area (TPSA) is 42.0 Å². The maximum atomic E-state index is 13.8. The number of aromatic nitrogens is 1. The van der Waals surface area contributed by atoms with Crippen LogP contribution in [-0.2, 0) is 0 Å². The number of halogens is 2. The number of hydrogen-bond acceptors (Lipinski definition) is 3. The van der Waals surface area contributed by atoms with Crippen molar-refractivity contribution >= 4 is 22.9 Å². The molecule has 1 amide bonds. The van der Waals surface area contributed by atoms with Crippen LogP contribution in [0, 0.1) is 25.5 Å². The average Bonchev–Trinajstić information content (AvgIpc) is 3.10. The fourth-order valence-electron chi connectivity index (χ4n) is 3.26. The number of aryl methyl sites for hydroxylation is 2. The lowest BCUT2D eigenvalue weighted by atomic mass is 10.0.